The van der Waals surface area contributed by atoms with Gasteiger partial charge in [-0.2, -0.15) is 0 Å². The molecule has 0 radical (unpaired) electrons. The molecule has 0 bridgehead atoms. The smallest absolute Gasteiger partial charge is 0.306 e. The SMILES string of the molecule is CCCCCCCCCCCCCCC(COC(=O)CC(CCCCCCC)CCCCCCC)OC(=O)CCCCCN(C)C. The van der Waals surface area contributed by atoms with Crippen molar-refractivity contribution >= 4 is 11.9 Å². The zero-order chi connectivity index (χ0) is 33.9. The van der Waals surface area contributed by atoms with Crippen molar-refractivity contribution in [1.82, 2.24) is 4.90 Å². The molecule has 46 heavy (non-hydrogen) atoms. The molecule has 0 aromatic heterocycles. The van der Waals surface area contributed by atoms with Crippen molar-refractivity contribution < 1.29 is 19.1 Å². The van der Waals surface area contributed by atoms with Crippen LogP contribution in [0.25, 0.3) is 0 Å². The van der Waals surface area contributed by atoms with Crippen LogP contribution in [0, 0.1) is 5.92 Å². The van der Waals surface area contributed by atoms with Crippen LogP contribution < -0.4 is 0 Å². The van der Waals surface area contributed by atoms with Crippen LogP contribution >= 0.6 is 0 Å². The third-order valence-corrected chi connectivity index (χ3v) is 9.48. The Kier molecular flexibility index (Phi) is 34.4. The number of hydrogen-bond acceptors (Lipinski definition) is 5. The van der Waals surface area contributed by atoms with E-state index in [4.69, 9.17) is 9.47 Å². The first-order chi connectivity index (χ1) is 22.4. The Morgan fingerprint density at radius 2 is 0.913 bits per heavy atom. The second-order valence-electron chi connectivity index (χ2n) is 14.6. The number of hydrogen-bond donors (Lipinski definition) is 0. The fourth-order valence-corrected chi connectivity index (χ4v) is 6.41. The van der Waals surface area contributed by atoms with Crippen LogP contribution in [0.5, 0.6) is 0 Å². The predicted molar refractivity (Wildman–Crippen MR) is 198 cm³/mol. The van der Waals surface area contributed by atoms with Crippen LogP contribution in [0.2, 0.25) is 0 Å². The Hall–Kier alpha value is -1.10. The van der Waals surface area contributed by atoms with Gasteiger partial charge in [0.2, 0.25) is 0 Å². The molecule has 0 aliphatic carbocycles. The molecule has 0 fully saturated rings. The largest absolute Gasteiger partial charge is 0.462 e. The van der Waals surface area contributed by atoms with E-state index in [1.54, 1.807) is 0 Å². The fraction of sp³-hybridized carbons (Fsp3) is 0.951. The van der Waals surface area contributed by atoms with E-state index in [9.17, 15) is 9.59 Å². The molecule has 0 saturated carbocycles. The number of carbonyl (C=O) groups is 2. The minimum Gasteiger partial charge on any atom is -0.462 e. The Morgan fingerprint density at radius 3 is 1.37 bits per heavy atom. The van der Waals surface area contributed by atoms with E-state index in [1.807, 2.05) is 0 Å². The summed E-state index contributed by atoms with van der Waals surface area (Å²) < 4.78 is 11.7. The molecule has 0 N–H and O–H groups in total. The second-order valence-corrected chi connectivity index (χ2v) is 14.6. The lowest BCUT2D eigenvalue weighted by atomic mass is 9.91. The minimum atomic E-state index is -0.317. The molecule has 5 nitrogen and oxygen atoms in total. The molecule has 0 rings (SSSR count). The van der Waals surface area contributed by atoms with Gasteiger partial charge in [0.25, 0.3) is 0 Å². The molecule has 1 atom stereocenters. The summed E-state index contributed by atoms with van der Waals surface area (Å²) in [5.74, 6) is 0.170. The molecule has 0 spiro atoms. The Morgan fingerprint density at radius 1 is 0.500 bits per heavy atom. The Balaban J connectivity index is 4.68. The maximum Gasteiger partial charge on any atom is 0.306 e. The molecule has 0 aromatic carbocycles. The maximum absolute atomic E-state index is 13.0. The van der Waals surface area contributed by atoms with Gasteiger partial charge >= 0.3 is 11.9 Å². The van der Waals surface area contributed by atoms with Gasteiger partial charge in [-0.05, 0) is 65.1 Å². The molecule has 0 heterocycles. The van der Waals surface area contributed by atoms with Crippen molar-refractivity contribution in [2.45, 2.75) is 219 Å². The normalized spacial score (nSPS) is 12.2. The van der Waals surface area contributed by atoms with Gasteiger partial charge in [0.15, 0.2) is 0 Å². The summed E-state index contributed by atoms with van der Waals surface area (Å²) in [6.45, 7) is 8.04. The lowest BCUT2D eigenvalue weighted by molar-refractivity contribution is -0.160. The average molecular weight is 652 g/mol. The van der Waals surface area contributed by atoms with Crippen LogP contribution in [-0.2, 0) is 19.1 Å². The molecule has 0 aliphatic rings. The van der Waals surface area contributed by atoms with Crippen molar-refractivity contribution in [3.8, 4) is 0 Å². The van der Waals surface area contributed by atoms with E-state index in [-0.39, 0.29) is 24.6 Å². The van der Waals surface area contributed by atoms with E-state index in [1.165, 1.54) is 128 Å². The zero-order valence-corrected chi connectivity index (χ0v) is 31.9. The third-order valence-electron chi connectivity index (χ3n) is 9.48. The average Bonchev–Trinajstić information content (AvgIpc) is 3.03. The molecule has 0 saturated heterocycles. The van der Waals surface area contributed by atoms with Crippen molar-refractivity contribution in [2.75, 3.05) is 27.2 Å². The molecular formula is C41H81NO4. The van der Waals surface area contributed by atoms with Crippen LogP contribution in [0.4, 0.5) is 0 Å². The van der Waals surface area contributed by atoms with Crippen LogP contribution in [0.1, 0.15) is 213 Å². The monoisotopic (exact) mass is 652 g/mol. The van der Waals surface area contributed by atoms with Gasteiger partial charge in [-0.25, -0.2) is 0 Å². The Bertz CT molecular complexity index is 638. The summed E-state index contributed by atoms with van der Waals surface area (Å²) in [5.41, 5.74) is 0. The molecule has 5 heteroatoms. The van der Waals surface area contributed by atoms with Gasteiger partial charge in [0, 0.05) is 12.8 Å². The summed E-state index contributed by atoms with van der Waals surface area (Å²) in [5, 5.41) is 0. The van der Waals surface area contributed by atoms with E-state index in [0.29, 0.717) is 18.8 Å². The zero-order valence-electron chi connectivity index (χ0n) is 31.9. The van der Waals surface area contributed by atoms with Gasteiger partial charge in [-0.1, -0.05) is 162 Å². The molecule has 0 aromatic rings. The molecule has 274 valence electrons. The van der Waals surface area contributed by atoms with Gasteiger partial charge in [-0.15, -0.1) is 0 Å². The summed E-state index contributed by atoms with van der Waals surface area (Å²) >= 11 is 0. The number of rotatable bonds is 36. The highest BCUT2D eigenvalue weighted by molar-refractivity contribution is 5.70. The molecular weight excluding hydrogens is 570 g/mol. The fourth-order valence-electron chi connectivity index (χ4n) is 6.41. The highest BCUT2D eigenvalue weighted by atomic mass is 16.6. The third kappa shape index (κ3) is 32.8. The number of carbonyl (C=O) groups excluding carboxylic acids is 2. The van der Waals surface area contributed by atoms with Gasteiger partial charge in [0.05, 0.1) is 0 Å². The topological polar surface area (TPSA) is 55.8 Å². The lowest BCUT2D eigenvalue weighted by Crippen LogP contribution is -2.26. The number of nitrogens with zero attached hydrogens (tertiary/aromatic N) is 1. The van der Waals surface area contributed by atoms with E-state index in [0.717, 1.165) is 57.9 Å². The molecule has 1 unspecified atom stereocenters. The van der Waals surface area contributed by atoms with Crippen LogP contribution in [0.15, 0.2) is 0 Å². The number of unbranched alkanes of at least 4 members (excludes halogenated alkanes) is 21. The summed E-state index contributed by atoms with van der Waals surface area (Å²) in [6.07, 6.45) is 35.0. The van der Waals surface area contributed by atoms with Crippen molar-refractivity contribution in [3.05, 3.63) is 0 Å². The van der Waals surface area contributed by atoms with E-state index >= 15 is 0 Å². The Labute approximate surface area is 288 Å². The summed E-state index contributed by atoms with van der Waals surface area (Å²) in [7, 11) is 4.17. The van der Waals surface area contributed by atoms with Crippen molar-refractivity contribution in [2.24, 2.45) is 5.92 Å². The van der Waals surface area contributed by atoms with Gasteiger partial charge in [0.1, 0.15) is 12.7 Å². The predicted octanol–water partition coefficient (Wildman–Crippen LogP) is 12.4. The molecule has 0 aliphatic heterocycles. The van der Waals surface area contributed by atoms with Crippen molar-refractivity contribution in [3.63, 3.8) is 0 Å². The van der Waals surface area contributed by atoms with Gasteiger partial charge < -0.3 is 14.4 Å². The van der Waals surface area contributed by atoms with E-state index in [2.05, 4.69) is 39.8 Å². The first kappa shape index (κ1) is 44.9. The number of ether oxygens (including phenoxy) is 2. The highest BCUT2D eigenvalue weighted by Crippen LogP contribution is 2.23. The quantitative estimate of drug-likeness (QED) is 0.0498. The molecule has 0 amide bonds. The summed E-state index contributed by atoms with van der Waals surface area (Å²) in [4.78, 5) is 27.9. The lowest BCUT2D eigenvalue weighted by Gasteiger charge is -2.20. The van der Waals surface area contributed by atoms with Gasteiger partial charge in [-0.3, -0.25) is 9.59 Å². The highest BCUT2D eigenvalue weighted by Gasteiger charge is 2.19. The summed E-state index contributed by atoms with van der Waals surface area (Å²) in [6, 6.07) is 0. The van der Waals surface area contributed by atoms with E-state index < -0.39 is 0 Å². The van der Waals surface area contributed by atoms with Crippen LogP contribution in [-0.4, -0.2) is 50.2 Å². The van der Waals surface area contributed by atoms with Crippen molar-refractivity contribution in [1.29, 1.82) is 0 Å². The first-order valence-electron chi connectivity index (χ1n) is 20.4. The minimum absolute atomic E-state index is 0.105. The first-order valence-corrected chi connectivity index (χ1v) is 20.4. The second kappa shape index (κ2) is 35.2. The standard InChI is InChI=1S/C41H81NO4/c1-6-9-12-15-16-17-18-19-20-21-24-28-33-39(46-40(43)34-29-25-30-35-42(4)5)37-45-41(44)36-38(31-26-22-13-10-7-2)32-27-23-14-11-8-3/h38-39H,6-37H2,1-5H3. The maximum atomic E-state index is 13.0. The van der Waals surface area contributed by atoms with Crippen LogP contribution in [0.3, 0.4) is 0 Å². The number of esters is 2.